The van der Waals surface area contributed by atoms with Crippen LogP contribution in [0.4, 0.5) is 0 Å². The molecule has 0 aromatic carbocycles. The minimum atomic E-state index is 0.0962. The van der Waals surface area contributed by atoms with Gasteiger partial charge < -0.3 is 15.0 Å². The van der Waals surface area contributed by atoms with E-state index in [1.807, 2.05) is 24.1 Å². The van der Waals surface area contributed by atoms with E-state index in [4.69, 9.17) is 10.5 Å². The molecular weight excluding hydrogens is 226 g/mol. The third-order valence-electron chi connectivity index (χ3n) is 4.75. The van der Waals surface area contributed by atoms with Crippen LogP contribution in [0.1, 0.15) is 50.3 Å². The molecule has 4 heteroatoms. The van der Waals surface area contributed by atoms with E-state index in [0.29, 0.717) is 5.92 Å². The summed E-state index contributed by atoms with van der Waals surface area (Å²) in [4.78, 5) is 4.18. The zero-order chi connectivity index (χ0) is 12.6. The van der Waals surface area contributed by atoms with Gasteiger partial charge in [-0.15, -0.1) is 0 Å². The van der Waals surface area contributed by atoms with Gasteiger partial charge in [0.15, 0.2) is 0 Å². The molecule has 1 aromatic rings. The van der Waals surface area contributed by atoms with Crippen molar-refractivity contribution in [3.63, 3.8) is 0 Å². The van der Waals surface area contributed by atoms with Crippen molar-refractivity contribution < 1.29 is 4.74 Å². The summed E-state index contributed by atoms with van der Waals surface area (Å²) in [5.74, 6) is 0.534. The largest absolute Gasteiger partial charge is 0.375 e. The number of aromatic nitrogens is 2. The standard InChI is InChI=1S/C14H23N3O/c1-17-10-16-9-12(17)13(15)11-4-7-18-14(8-11)5-2-3-6-14/h9-11,13H,2-8,15H2,1H3. The van der Waals surface area contributed by atoms with Crippen molar-refractivity contribution in [2.45, 2.75) is 50.2 Å². The Balaban J connectivity index is 1.74. The molecule has 2 heterocycles. The Morgan fingerprint density at radius 3 is 2.94 bits per heavy atom. The second kappa shape index (κ2) is 4.67. The molecule has 2 unspecified atom stereocenters. The zero-order valence-electron chi connectivity index (χ0n) is 11.1. The van der Waals surface area contributed by atoms with Crippen LogP contribution in [-0.4, -0.2) is 21.8 Å². The summed E-state index contributed by atoms with van der Waals surface area (Å²) in [6.45, 7) is 0.871. The average molecular weight is 249 g/mol. The molecule has 0 bridgehead atoms. The van der Waals surface area contributed by atoms with Gasteiger partial charge >= 0.3 is 0 Å². The Morgan fingerprint density at radius 1 is 1.50 bits per heavy atom. The molecule has 2 atom stereocenters. The van der Waals surface area contributed by atoms with Crippen LogP contribution in [0.15, 0.2) is 12.5 Å². The van der Waals surface area contributed by atoms with Gasteiger partial charge in [0.2, 0.25) is 0 Å². The van der Waals surface area contributed by atoms with Gasteiger partial charge in [-0.05, 0) is 31.6 Å². The fourth-order valence-electron chi connectivity index (χ4n) is 3.67. The molecule has 2 fully saturated rings. The van der Waals surface area contributed by atoms with Crippen molar-refractivity contribution in [2.24, 2.45) is 18.7 Å². The number of hydrogen-bond acceptors (Lipinski definition) is 3. The summed E-state index contributed by atoms with van der Waals surface area (Å²) < 4.78 is 8.12. The third kappa shape index (κ3) is 2.08. The van der Waals surface area contributed by atoms with Gasteiger partial charge in [-0.3, -0.25) is 0 Å². The van der Waals surface area contributed by atoms with E-state index in [9.17, 15) is 0 Å². The topological polar surface area (TPSA) is 53.1 Å². The highest BCUT2D eigenvalue weighted by Gasteiger charge is 2.41. The van der Waals surface area contributed by atoms with E-state index in [1.54, 1.807) is 0 Å². The molecule has 3 rings (SSSR count). The van der Waals surface area contributed by atoms with Crippen molar-refractivity contribution >= 4 is 0 Å². The zero-order valence-corrected chi connectivity index (χ0v) is 11.1. The second-order valence-electron chi connectivity index (χ2n) is 5.95. The highest BCUT2D eigenvalue weighted by molar-refractivity contribution is 5.07. The van der Waals surface area contributed by atoms with Gasteiger partial charge in [0.1, 0.15) is 0 Å². The van der Waals surface area contributed by atoms with Gasteiger partial charge in [-0.25, -0.2) is 4.98 Å². The second-order valence-corrected chi connectivity index (χ2v) is 5.95. The van der Waals surface area contributed by atoms with Gasteiger partial charge in [0.25, 0.3) is 0 Å². The molecule has 1 spiro atoms. The van der Waals surface area contributed by atoms with Crippen LogP contribution in [0.5, 0.6) is 0 Å². The van der Waals surface area contributed by atoms with Crippen molar-refractivity contribution in [3.05, 3.63) is 18.2 Å². The lowest BCUT2D eigenvalue weighted by atomic mass is 9.80. The Labute approximate surface area is 109 Å². The Hall–Kier alpha value is -0.870. The molecule has 2 aliphatic rings. The Bertz CT molecular complexity index is 409. The normalized spacial score (nSPS) is 28.7. The van der Waals surface area contributed by atoms with Crippen molar-refractivity contribution in [1.29, 1.82) is 0 Å². The molecule has 1 saturated carbocycles. The predicted molar refractivity (Wildman–Crippen MR) is 70.0 cm³/mol. The van der Waals surface area contributed by atoms with Crippen molar-refractivity contribution in [1.82, 2.24) is 9.55 Å². The number of hydrogen-bond donors (Lipinski definition) is 1. The van der Waals surface area contributed by atoms with Crippen LogP contribution in [0, 0.1) is 5.92 Å². The fraction of sp³-hybridized carbons (Fsp3) is 0.786. The fourth-order valence-corrected chi connectivity index (χ4v) is 3.67. The molecule has 100 valence electrons. The SMILES string of the molecule is Cn1cncc1C(N)C1CCOC2(CCCC2)C1. The summed E-state index contributed by atoms with van der Waals surface area (Å²) in [5, 5.41) is 0. The molecule has 0 amide bonds. The Morgan fingerprint density at radius 2 is 2.28 bits per heavy atom. The molecular formula is C14H23N3O. The lowest BCUT2D eigenvalue weighted by Gasteiger charge is -2.40. The lowest BCUT2D eigenvalue weighted by molar-refractivity contribution is -0.0966. The summed E-state index contributed by atoms with van der Waals surface area (Å²) in [6.07, 6.45) is 11.0. The molecule has 18 heavy (non-hydrogen) atoms. The summed E-state index contributed by atoms with van der Waals surface area (Å²) in [6, 6.07) is 0.0962. The van der Waals surface area contributed by atoms with Gasteiger partial charge in [0, 0.05) is 25.9 Å². The first-order chi connectivity index (χ1) is 8.70. The molecule has 1 aliphatic carbocycles. The first-order valence-corrected chi connectivity index (χ1v) is 7.06. The minimum Gasteiger partial charge on any atom is -0.375 e. The highest BCUT2D eigenvalue weighted by atomic mass is 16.5. The third-order valence-corrected chi connectivity index (χ3v) is 4.75. The van der Waals surface area contributed by atoms with E-state index in [1.165, 1.54) is 25.7 Å². The van der Waals surface area contributed by atoms with Crippen LogP contribution >= 0.6 is 0 Å². The number of nitrogens with zero attached hydrogens (tertiary/aromatic N) is 2. The van der Waals surface area contributed by atoms with Crippen LogP contribution in [0.2, 0.25) is 0 Å². The van der Waals surface area contributed by atoms with Crippen LogP contribution in [-0.2, 0) is 11.8 Å². The summed E-state index contributed by atoms with van der Waals surface area (Å²) in [5.41, 5.74) is 7.75. The van der Waals surface area contributed by atoms with Gasteiger partial charge in [0.05, 0.1) is 17.6 Å². The van der Waals surface area contributed by atoms with Gasteiger partial charge in [-0.2, -0.15) is 0 Å². The van der Waals surface area contributed by atoms with E-state index in [-0.39, 0.29) is 11.6 Å². The Kier molecular flexibility index (Phi) is 3.16. The maximum absolute atomic E-state index is 6.45. The average Bonchev–Trinajstić information content (AvgIpc) is 2.98. The number of nitrogens with two attached hydrogens (primary N) is 1. The van der Waals surface area contributed by atoms with Crippen LogP contribution in [0.25, 0.3) is 0 Å². The lowest BCUT2D eigenvalue weighted by Crippen LogP contribution is -2.41. The number of ether oxygens (including phenoxy) is 1. The predicted octanol–water partition coefficient (Wildman–Crippen LogP) is 2.16. The monoisotopic (exact) mass is 249 g/mol. The minimum absolute atomic E-state index is 0.0962. The maximum atomic E-state index is 6.45. The highest BCUT2D eigenvalue weighted by Crippen LogP contribution is 2.44. The van der Waals surface area contributed by atoms with Gasteiger partial charge in [-0.1, -0.05) is 12.8 Å². The first-order valence-electron chi connectivity index (χ1n) is 7.06. The number of rotatable bonds is 2. The molecule has 4 nitrogen and oxygen atoms in total. The molecule has 1 saturated heterocycles. The van der Waals surface area contributed by atoms with Crippen LogP contribution < -0.4 is 5.73 Å². The van der Waals surface area contributed by atoms with E-state index in [2.05, 4.69) is 4.98 Å². The molecule has 2 N–H and O–H groups in total. The molecule has 0 radical (unpaired) electrons. The van der Waals surface area contributed by atoms with Crippen LogP contribution in [0.3, 0.4) is 0 Å². The summed E-state index contributed by atoms with van der Waals surface area (Å²) >= 11 is 0. The number of aryl methyl sites for hydroxylation is 1. The quantitative estimate of drug-likeness (QED) is 0.874. The number of imidazole rings is 1. The van der Waals surface area contributed by atoms with Crippen molar-refractivity contribution in [2.75, 3.05) is 6.61 Å². The van der Waals surface area contributed by atoms with E-state index >= 15 is 0 Å². The smallest absolute Gasteiger partial charge is 0.0946 e. The maximum Gasteiger partial charge on any atom is 0.0946 e. The summed E-state index contributed by atoms with van der Waals surface area (Å²) in [7, 11) is 2.02. The van der Waals surface area contributed by atoms with E-state index in [0.717, 1.165) is 25.1 Å². The first kappa shape index (κ1) is 12.2. The van der Waals surface area contributed by atoms with E-state index < -0.39 is 0 Å². The van der Waals surface area contributed by atoms with Crippen molar-refractivity contribution in [3.8, 4) is 0 Å². The molecule has 1 aliphatic heterocycles. The molecule has 1 aromatic heterocycles.